The van der Waals surface area contributed by atoms with Gasteiger partial charge in [0.15, 0.2) is 18.4 Å². The first-order valence-corrected chi connectivity index (χ1v) is 8.81. The summed E-state index contributed by atoms with van der Waals surface area (Å²) in [5.41, 5.74) is 0.352. The maximum absolute atomic E-state index is 12.8. The van der Waals surface area contributed by atoms with Crippen molar-refractivity contribution in [1.82, 2.24) is 4.90 Å². The molecule has 0 bridgehead atoms. The molecular formula is C19H19NO9. The van der Waals surface area contributed by atoms with Gasteiger partial charge in [-0.25, -0.2) is 4.90 Å². The van der Waals surface area contributed by atoms with E-state index in [1.54, 1.807) is 12.1 Å². The second kappa shape index (κ2) is 8.00. The van der Waals surface area contributed by atoms with Crippen molar-refractivity contribution in [3.05, 3.63) is 35.4 Å². The minimum Gasteiger partial charge on any atom is -0.463 e. The highest BCUT2D eigenvalue weighted by Gasteiger charge is 2.56. The molecule has 10 nitrogen and oxygen atoms in total. The summed E-state index contributed by atoms with van der Waals surface area (Å²) in [7, 11) is 0. The Hall–Kier alpha value is -3.27. The first kappa shape index (κ1) is 20.5. The number of rotatable bonds is 5. The van der Waals surface area contributed by atoms with E-state index in [2.05, 4.69) is 0 Å². The third-order valence-corrected chi connectivity index (χ3v) is 4.42. The molecule has 0 aromatic heterocycles. The standard InChI is InChI=1S/C19H19NO9/c1-9(21)26-8-14-15(27-10(2)22)16(28-11(3)23)19(29-14)20-17(24)12-6-4-5-7-13(12)18(20)25/h4-7,14-16,19H,8H2,1-3H3/t14-,15?,16?,19-/m1/s1. The van der Waals surface area contributed by atoms with Crippen LogP contribution in [-0.4, -0.2) is 65.8 Å². The molecule has 1 aromatic rings. The van der Waals surface area contributed by atoms with Gasteiger partial charge >= 0.3 is 17.9 Å². The van der Waals surface area contributed by atoms with Crippen LogP contribution in [0.5, 0.6) is 0 Å². The molecule has 1 aromatic carbocycles. The van der Waals surface area contributed by atoms with Gasteiger partial charge in [0.25, 0.3) is 11.8 Å². The van der Waals surface area contributed by atoms with E-state index in [1.807, 2.05) is 0 Å². The van der Waals surface area contributed by atoms with Gasteiger partial charge in [0.05, 0.1) is 11.1 Å². The van der Waals surface area contributed by atoms with Crippen molar-refractivity contribution in [2.24, 2.45) is 0 Å². The Morgan fingerprint density at radius 3 is 1.90 bits per heavy atom. The van der Waals surface area contributed by atoms with Crippen LogP contribution < -0.4 is 0 Å². The summed E-state index contributed by atoms with van der Waals surface area (Å²) in [6.07, 6.45) is -4.90. The lowest BCUT2D eigenvalue weighted by molar-refractivity contribution is -0.166. The molecule has 0 radical (unpaired) electrons. The van der Waals surface area contributed by atoms with Gasteiger partial charge in [-0.3, -0.25) is 24.0 Å². The van der Waals surface area contributed by atoms with Crippen molar-refractivity contribution in [3.8, 4) is 0 Å². The summed E-state index contributed by atoms with van der Waals surface area (Å²) >= 11 is 0. The topological polar surface area (TPSA) is 126 Å². The Kier molecular flexibility index (Phi) is 5.64. The van der Waals surface area contributed by atoms with Crippen molar-refractivity contribution in [3.63, 3.8) is 0 Å². The molecule has 2 heterocycles. The van der Waals surface area contributed by atoms with Crippen LogP contribution in [0.15, 0.2) is 24.3 Å². The van der Waals surface area contributed by atoms with Gasteiger partial charge in [-0.05, 0) is 12.1 Å². The molecule has 1 fully saturated rings. The predicted molar refractivity (Wildman–Crippen MR) is 93.3 cm³/mol. The highest BCUT2D eigenvalue weighted by atomic mass is 16.7. The van der Waals surface area contributed by atoms with E-state index in [1.165, 1.54) is 19.1 Å². The number of carbonyl (C=O) groups excluding carboxylic acids is 5. The molecule has 0 N–H and O–H groups in total. The van der Waals surface area contributed by atoms with E-state index in [0.29, 0.717) is 0 Å². The van der Waals surface area contributed by atoms with Crippen LogP contribution in [0.2, 0.25) is 0 Å². The highest BCUT2D eigenvalue weighted by Crippen LogP contribution is 2.34. The highest BCUT2D eigenvalue weighted by molar-refractivity contribution is 6.21. The van der Waals surface area contributed by atoms with Crippen molar-refractivity contribution < 1.29 is 42.9 Å². The molecule has 154 valence electrons. The summed E-state index contributed by atoms with van der Waals surface area (Å²) in [5, 5.41) is 0. The molecule has 3 rings (SSSR count). The summed E-state index contributed by atoms with van der Waals surface area (Å²) in [4.78, 5) is 60.9. The maximum Gasteiger partial charge on any atom is 0.303 e. The number of imide groups is 1. The smallest absolute Gasteiger partial charge is 0.303 e. The van der Waals surface area contributed by atoms with Gasteiger partial charge in [0.2, 0.25) is 0 Å². The number of ether oxygens (including phenoxy) is 4. The van der Waals surface area contributed by atoms with Crippen LogP contribution in [-0.2, 0) is 33.3 Å². The zero-order valence-electron chi connectivity index (χ0n) is 15.9. The Bertz CT molecular complexity index is 845. The molecular weight excluding hydrogens is 386 g/mol. The van der Waals surface area contributed by atoms with E-state index in [-0.39, 0.29) is 17.7 Å². The maximum atomic E-state index is 12.8. The van der Waals surface area contributed by atoms with Gasteiger partial charge in [-0.15, -0.1) is 0 Å². The van der Waals surface area contributed by atoms with Crippen molar-refractivity contribution in [2.45, 2.75) is 45.3 Å². The monoisotopic (exact) mass is 405 g/mol. The minimum absolute atomic E-state index is 0.176. The van der Waals surface area contributed by atoms with Gasteiger partial charge in [0, 0.05) is 20.8 Å². The molecule has 29 heavy (non-hydrogen) atoms. The Balaban J connectivity index is 1.96. The number of benzene rings is 1. The van der Waals surface area contributed by atoms with E-state index in [0.717, 1.165) is 18.7 Å². The van der Waals surface area contributed by atoms with Gasteiger partial charge in [0.1, 0.15) is 12.7 Å². The normalized spacial score (nSPS) is 25.6. The van der Waals surface area contributed by atoms with Crippen molar-refractivity contribution in [2.75, 3.05) is 6.61 Å². The number of esters is 3. The zero-order valence-corrected chi connectivity index (χ0v) is 15.9. The van der Waals surface area contributed by atoms with E-state index in [9.17, 15) is 24.0 Å². The van der Waals surface area contributed by atoms with Crippen LogP contribution in [0.4, 0.5) is 0 Å². The second-order valence-electron chi connectivity index (χ2n) is 6.54. The third kappa shape index (κ3) is 3.97. The van der Waals surface area contributed by atoms with Crippen molar-refractivity contribution >= 4 is 29.7 Å². The van der Waals surface area contributed by atoms with Crippen LogP contribution in [0.1, 0.15) is 41.5 Å². The molecule has 2 aliphatic rings. The number of carbonyl (C=O) groups is 5. The largest absolute Gasteiger partial charge is 0.463 e. The number of hydrogen-bond donors (Lipinski definition) is 0. The summed E-state index contributed by atoms with van der Waals surface area (Å²) < 4.78 is 21.2. The quantitative estimate of drug-likeness (QED) is 0.389. The Morgan fingerprint density at radius 1 is 0.897 bits per heavy atom. The second-order valence-corrected chi connectivity index (χ2v) is 6.54. The number of amides is 2. The molecule has 0 saturated carbocycles. The number of fused-ring (bicyclic) bond motifs is 1. The molecule has 2 unspecified atom stereocenters. The summed E-state index contributed by atoms with van der Waals surface area (Å²) in [5.74, 6) is -3.31. The van der Waals surface area contributed by atoms with E-state index >= 15 is 0 Å². The van der Waals surface area contributed by atoms with Crippen LogP contribution in [0.25, 0.3) is 0 Å². The van der Waals surface area contributed by atoms with Crippen LogP contribution >= 0.6 is 0 Å². The third-order valence-electron chi connectivity index (χ3n) is 4.42. The molecule has 10 heteroatoms. The van der Waals surface area contributed by atoms with E-state index in [4.69, 9.17) is 18.9 Å². The van der Waals surface area contributed by atoms with Gasteiger partial charge in [-0.2, -0.15) is 0 Å². The van der Waals surface area contributed by atoms with Crippen LogP contribution in [0.3, 0.4) is 0 Å². The first-order chi connectivity index (χ1) is 13.7. The molecule has 2 aliphatic heterocycles. The summed E-state index contributed by atoms with van der Waals surface area (Å²) in [6.45, 7) is 3.12. The Labute approximate surface area is 165 Å². The molecule has 0 aliphatic carbocycles. The fourth-order valence-electron chi connectivity index (χ4n) is 3.34. The van der Waals surface area contributed by atoms with Crippen molar-refractivity contribution in [1.29, 1.82) is 0 Å². The van der Waals surface area contributed by atoms with E-state index < -0.39 is 54.3 Å². The first-order valence-electron chi connectivity index (χ1n) is 8.81. The average molecular weight is 405 g/mol. The number of nitrogens with zero attached hydrogens (tertiary/aromatic N) is 1. The SMILES string of the molecule is CC(=O)OC[C@H]1O[C@@H](N2C(=O)c3ccccc3C2=O)C(OC(C)=O)C1OC(C)=O. The average Bonchev–Trinajstić information content (AvgIpc) is 3.08. The number of hydrogen-bond acceptors (Lipinski definition) is 9. The fraction of sp³-hybridized carbons (Fsp3) is 0.421. The summed E-state index contributed by atoms with van der Waals surface area (Å²) in [6, 6.07) is 6.20. The Morgan fingerprint density at radius 2 is 1.41 bits per heavy atom. The minimum atomic E-state index is -1.36. The molecule has 1 saturated heterocycles. The zero-order chi connectivity index (χ0) is 21.3. The van der Waals surface area contributed by atoms with Gasteiger partial charge in [-0.1, -0.05) is 12.1 Å². The lowest BCUT2D eigenvalue weighted by atomic mass is 10.1. The van der Waals surface area contributed by atoms with Gasteiger partial charge < -0.3 is 18.9 Å². The lowest BCUT2D eigenvalue weighted by Crippen LogP contribution is -2.49. The molecule has 2 amide bonds. The molecule has 0 spiro atoms. The fourth-order valence-corrected chi connectivity index (χ4v) is 3.34. The predicted octanol–water partition coefficient (Wildman–Crippen LogP) is 0.434. The lowest BCUT2D eigenvalue weighted by Gasteiger charge is -2.27. The van der Waals surface area contributed by atoms with Crippen LogP contribution in [0, 0.1) is 0 Å². The molecule has 4 atom stereocenters.